The second-order valence-electron chi connectivity index (χ2n) is 16.3. The summed E-state index contributed by atoms with van der Waals surface area (Å²) in [6, 6.07) is 3.74. The number of esters is 2. The summed E-state index contributed by atoms with van der Waals surface area (Å²) in [5, 5.41) is 6.19. The van der Waals surface area contributed by atoms with Gasteiger partial charge in [0.25, 0.3) is 0 Å². The highest BCUT2D eigenvalue weighted by Gasteiger charge is 2.99. The van der Waals surface area contributed by atoms with Crippen LogP contribution in [0.1, 0.15) is 61.8 Å². The third-order valence-electron chi connectivity index (χ3n) is 14.1. The number of ether oxygens (including phenoxy) is 2. The van der Waals surface area contributed by atoms with Crippen LogP contribution in [0, 0.1) is 60.2 Å². The summed E-state index contributed by atoms with van der Waals surface area (Å²) in [6.45, 7) is 12.3. The zero-order chi connectivity index (χ0) is 36.5. The Morgan fingerprint density at radius 1 is 0.750 bits per heavy atom. The number of hydrogen-bond donors (Lipinski definition) is 0. The topological polar surface area (TPSA) is 93.2 Å². The molecule has 4 unspecified atom stereocenters. The molecule has 10 rings (SSSR count). The van der Waals surface area contributed by atoms with Crippen molar-refractivity contribution in [3.05, 3.63) is 45.1 Å². The van der Waals surface area contributed by atoms with Crippen molar-refractivity contribution in [2.75, 3.05) is 34.6 Å². The Morgan fingerprint density at radius 2 is 1.19 bits per heavy atom. The molecule has 0 bridgehead atoms. The summed E-state index contributed by atoms with van der Waals surface area (Å²) >= 11 is 16.3. The lowest BCUT2D eigenvalue weighted by Gasteiger charge is -2.97. The minimum atomic E-state index is -0.600. The van der Waals surface area contributed by atoms with Gasteiger partial charge in [-0.05, 0) is 82.4 Å². The number of carbonyl (C=O) groups excluding carboxylic acids is 4. The van der Waals surface area contributed by atoms with Gasteiger partial charge in [-0.15, -0.1) is 45.9 Å². The molecule has 4 aliphatic carbocycles. The fraction of sp³-hybridized carbons (Fsp3) is 0.500. The van der Waals surface area contributed by atoms with Crippen molar-refractivity contribution < 1.29 is 28.7 Å². The molecule has 8 nitrogen and oxygen atoms in total. The van der Waals surface area contributed by atoms with Crippen LogP contribution in [-0.4, -0.2) is 48.6 Å². The zero-order valence-electron chi connectivity index (χ0n) is 29.7. The highest BCUT2D eigenvalue weighted by molar-refractivity contribution is 7.18. The highest BCUT2D eigenvalue weighted by Crippen LogP contribution is 2.97. The zero-order valence-corrected chi connectivity index (χ0v) is 32.8. The molecular weight excluding hydrogens is 739 g/mol. The monoisotopic (exact) mass is 776 g/mol. The first-order valence-electron chi connectivity index (χ1n) is 18.0. The molecular formula is C40H38Cl2N2O6S2. The molecule has 2 aliphatic heterocycles. The van der Waals surface area contributed by atoms with E-state index in [1.54, 1.807) is 22.7 Å². The third-order valence-corrected chi connectivity index (χ3v) is 17.1. The summed E-state index contributed by atoms with van der Waals surface area (Å²) in [5.74, 6) is 1.99. The van der Waals surface area contributed by atoms with E-state index in [2.05, 4.69) is 31.5 Å². The molecule has 2 aromatic carbocycles. The normalized spacial score (nSPS) is 34.2. The van der Waals surface area contributed by atoms with Gasteiger partial charge < -0.3 is 19.3 Å². The van der Waals surface area contributed by atoms with Crippen molar-refractivity contribution in [2.24, 2.45) is 46.3 Å². The maximum absolute atomic E-state index is 15.0. The summed E-state index contributed by atoms with van der Waals surface area (Å²) in [6.07, 6.45) is 0. The predicted molar refractivity (Wildman–Crippen MR) is 205 cm³/mol. The smallest absolute Gasteiger partial charge is 0.308 e. The van der Waals surface area contributed by atoms with Crippen molar-refractivity contribution in [2.45, 2.75) is 53.4 Å². The van der Waals surface area contributed by atoms with Crippen LogP contribution in [0.4, 0.5) is 11.4 Å². The minimum Gasteiger partial charge on any atom is -0.425 e. The van der Waals surface area contributed by atoms with Crippen molar-refractivity contribution in [1.82, 2.24) is 0 Å². The minimum absolute atomic E-state index is 0.0340. The van der Waals surface area contributed by atoms with E-state index < -0.39 is 22.8 Å². The molecule has 270 valence electrons. The largest absolute Gasteiger partial charge is 0.425 e. The predicted octanol–water partition coefficient (Wildman–Crippen LogP) is 8.39. The van der Waals surface area contributed by atoms with Gasteiger partial charge >= 0.3 is 11.9 Å². The number of carbonyl (C=O) groups is 4. The number of nitrogens with zero attached hydrogens (tertiary/aromatic N) is 2. The second-order valence-corrected chi connectivity index (χ2v) is 18.7. The Morgan fingerprint density at radius 3 is 1.62 bits per heavy atom. The standard InChI is InChI=1S/C40H38Cl2N2O6S2/c1-15-13-51-35-24(49-18(4)45)7-22-28(26(15)35)20(9-41)11-43(22)37(47)39(6)32-30-17(3)31-33(39)34(32)40(30,31)38(48)44-12-21(10-42)29-23(44)8-25(50-19(5)46)36-27(29)16(2)14-52-36/h7-8,13-14,17,20-21,30-34H,9-12H2,1-6H3/t17?,20-,21-,30?,31?,32?,33?,34?,39?,40?/m1/s1. The van der Waals surface area contributed by atoms with Crippen LogP contribution >= 0.6 is 45.9 Å². The second kappa shape index (κ2) is 10.7. The Bertz CT molecular complexity index is 2190. The lowest BCUT2D eigenvalue weighted by molar-refractivity contribution is -0.489. The lowest BCUT2D eigenvalue weighted by Crippen LogP contribution is -2.99. The van der Waals surface area contributed by atoms with Gasteiger partial charge in [0.05, 0.1) is 31.6 Å². The van der Waals surface area contributed by atoms with E-state index in [1.165, 1.54) is 13.8 Å². The Hall–Kier alpha value is -3.18. The van der Waals surface area contributed by atoms with Crippen molar-refractivity contribution >= 4 is 101 Å². The van der Waals surface area contributed by atoms with E-state index in [9.17, 15) is 9.59 Å². The van der Waals surface area contributed by atoms with E-state index in [0.29, 0.717) is 42.3 Å². The summed E-state index contributed by atoms with van der Waals surface area (Å²) < 4.78 is 13.2. The van der Waals surface area contributed by atoms with Crippen molar-refractivity contribution in [1.29, 1.82) is 0 Å². The number of aryl methyl sites for hydroxylation is 2. The molecule has 4 fully saturated rings. The van der Waals surface area contributed by atoms with Crippen LogP contribution in [0.15, 0.2) is 22.9 Å². The molecule has 4 heterocycles. The fourth-order valence-electron chi connectivity index (χ4n) is 12.7. The van der Waals surface area contributed by atoms with Crippen LogP contribution in [0.5, 0.6) is 11.5 Å². The van der Waals surface area contributed by atoms with E-state index in [4.69, 9.17) is 32.7 Å². The van der Waals surface area contributed by atoms with Gasteiger partial charge in [-0.1, -0.05) is 13.8 Å². The van der Waals surface area contributed by atoms with Crippen LogP contribution in [0.25, 0.3) is 20.2 Å². The lowest BCUT2D eigenvalue weighted by atomic mass is 9.05. The first kappa shape index (κ1) is 33.4. The van der Waals surface area contributed by atoms with E-state index in [0.717, 1.165) is 53.8 Å². The van der Waals surface area contributed by atoms with Crippen LogP contribution in [0.2, 0.25) is 0 Å². The average molecular weight is 778 g/mol. The van der Waals surface area contributed by atoms with Gasteiger partial charge in [0, 0.05) is 73.4 Å². The number of benzene rings is 2. The van der Waals surface area contributed by atoms with E-state index >= 15 is 9.59 Å². The molecule has 12 heteroatoms. The molecule has 0 radical (unpaired) electrons. The molecule has 0 saturated heterocycles. The highest BCUT2D eigenvalue weighted by atomic mass is 35.5. The number of fused-ring (bicyclic) bond motifs is 8. The number of hydrogen-bond acceptors (Lipinski definition) is 8. The van der Waals surface area contributed by atoms with Crippen molar-refractivity contribution in [3.63, 3.8) is 0 Å². The number of rotatable bonds is 6. The summed E-state index contributed by atoms with van der Waals surface area (Å²) in [4.78, 5) is 58.2. The van der Waals surface area contributed by atoms with Gasteiger partial charge in [-0.2, -0.15) is 0 Å². The Balaban J connectivity index is 1.000. The van der Waals surface area contributed by atoms with Crippen LogP contribution in [0.3, 0.4) is 0 Å². The Kier molecular flexibility index (Phi) is 6.89. The number of alkyl halides is 2. The first-order valence-corrected chi connectivity index (χ1v) is 20.9. The van der Waals surface area contributed by atoms with Gasteiger partial charge in [0.1, 0.15) is 0 Å². The SMILES string of the molecule is CC(=O)Oc1cc2c(c3c(C)csc13)[C@H](CCl)CN2C(=O)C1(C)C2C3C(C)C4C1C2C34C(=O)N1C[C@@H](CCl)c2c1cc(OC(C)=O)c1scc(C)c21. The van der Waals surface area contributed by atoms with E-state index in [1.807, 2.05) is 28.9 Å². The molecule has 2 aromatic heterocycles. The van der Waals surface area contributed by atoms with Gasteiger partial charge in [-0.25, -0.2) is 0 Å². The Labute approximate surface area is 319 Å². The fourth-order valence-corrected chi connectivity index (χ4v) is 15.2. The van der Waals surface area contributed by atoms with Gasteiger partial charge in [0.2, 0.25) is 11.8 Å². The molecule has 4 saturated carbocycles. The summed E-state index contributed by atoms with van der Waals surface area (Å²) in [5.41, 5.74) is 4.79. The maximum atomic E-state index is 15.0. The molecule has 6 aliphatic rings. The average Bonchev–Trinajstić information content (AvgIpc) is 3.87. The molecule has 2 amide bonds. The summed E-state index contributed by atoms with van der Waals surface area (Å²) in [7, 11) is 0. The van der Waals surface area contributed by atoms with Crippen LogP contribution < -0.4 is 19.3 Å². The molecule has 6 atom stereocenters. The van der Waals surface area contributed by atoms with Gasteiger partial charge in [0.15, 0.2) is 11.5 Å². The van der Waals surface area contributed by atoms with E-state index in [-0.39, 0.29) is 53.2 Å². The molecule has 52 heavy (non-hydrogen) atoms. The number of halogens is 2. The van der Waals surface area contributed by atoms with Crippen LogP contribution in [-0.2, 0) is 19.2 Å². The van der Waals surface area contributed by atoms with Crippen molar-refractivity contribution in [3.8, 4) is 11.5 Å². The van der Waals surface area contributed by atoms with Gasteiger partial charge in [-0.3, -0.25) is 19.2 Å². The number of thiophene rings is 2. The molecule has 0 spiro atoms. The molecule has 4 aromatic rings. The third kappa shape index (κ3) is 3.62. The maximum Gasteiger partial charge on any atom is 0.308 e. The molecule has 0 N–H and O–H groups in total. The number of anilines is 2. The number of amides is 2. The first-order chi connectivity index (χ1) is 24.8. The quantitative estimate of drug-likeness (QED) is 0.111.